The van der Waals surface area contributed by atoms with Gasteiger partial charge >= 0.3 is 0 Å². The van der Waals surface area contributed by atoms with Gasteiger partial charge < -0.3 is 15.4 Å². The van der Waals surface area contributed by atoms with Gasteiger partial charge in [-0.2, -0.15) is 0 Å². The van der Waals surface area contributed by atoms with Crippen LogP contribution in [0, 0.1) is 6.92 Å². The van der Waals surface area contributed by atoms with Gasteiger partial charge in [-0.15, -0.1) is 11.3 Å². The first-order valence-electron chi connectivity index (χ1n) is 12.2. The third-order valence-corrected chi connectivity index (χ3v) is 9.12. The molecule has 0 unspecified atom stereocenters. The van der Waals surface area contributed by atoms with Crippen molar-refractivity contribution < 1.29 is 13.2 Å². The second kappa shape index (κ2) is 10.3. The largest absolute Gasteiger partial charge is 0.495 e. The number of hydrogen-bond donors (Lipinski definition) is 2. The average Bonchev–Trinajstić information content (AvgIpc) is 3.23. The zero-order valence-corrected chi connectivity index (χ0v) is 23.0. The topological polar surface area (TPSA) is 96.5 Å². The number of aromatic nitrogens is 2. The lowest BCUT2D eigenvalue weighted by Gasteiger charge is -2.24. The van der Waals surface area contributed by atoms with Crippen LogP contribution >= 0.6 is 11.3 Å². The van der Waals surface area contributed by atoms with Crippen molar-refractivity contribution in [1.82, 2.24) is 15.3 Å². The number of nitrogens with one attached hydrogen (secondary N) is 2. The van der Waals surface area contributed by atoms with Crippen molar-refractivity contribution in [2.75, 3.05) is 43.1 Å². The zero-order valence-electron chi connectivity index (χ0n) is 21.4. The molecule has 194 valence electrons. The van der Waals surface area contributed by atoms with Gasteiger partial charge in [-0.1, -0.05) is 24.3 Å². The first kappa shape index (κ1) is 25.4. The quantitative estimate of drug-likeness (QED) is 0.331. The zero-order chi connectivity index (χ0) is 26.2. The van der Waals surface area contributed by atoms with E-state index in [1.165, 1.54) is 16.1 Å². The monoisotopic (exact) mass is 537 g/mol. The number of methoxy groups -OCH3 is 1. The van der Waals surface area contributed by atoms with Crippen LogP contribution in [0.2, 0.25) is 0 Å². The highest BCUT2D eigenvalue weighted by atomic mass is 32.2. The molecule has 3 heterocycles. The number of para-hydroxylation sites is 1. The number of aryl methyl sites for hydroxylation is 1. The number of fused-ring (bicyclic) bond motifs is 1. The third-order valence-electron chi connectivity index (χ3n) is 6.90. The van der Waals surface area contributed by atoms with Crippen LogP contribution in [0.5, 0.6) is 5.75 Å². The lowest BCUT2D eigenvalue weighted by molar-refractivity contribution is 0.413. The Labute approximate surface area is 221 Å². The minimum absolute atomic E-state index is 0.452. The summed E-state index contributed by atoms with van der Waals surface area (Å²) in [5, 5.41) is 6.75. The molecule has 10 heteroatoms. The van der Waals surface area contributed by atoms with E-state index in [-0.39, 0.29) is 0 Å². The molecular formula is C27H31N5O3S2. The Bertz CT molecular complexity index is 1550. The predicted molar refractivity (Wildman–Crippen MR) is 152 cm³/mol. The molecule has 5 rings (SSSR count). The van der Waals surface area contributed by atoms with Gasteiger partial charge in [0, 0.05) is 23.1 Å². The maximum absolute atomic E-state index is 12.3. The molecule has 2 aromatic heterocycles. The number of ether oxygens (including phenoxy) is 1. The molecule has 1 saturated heterocycles. The van der Waals surface area contributed by atoms with Gasteiger partial charge in [-0.05, 0) is 62.5 Å². The summed E-state index contributed by atoms with van der Waals surface area (Å²) in [5.74, 6) is 1.73. The maximum atomic E-state index is 12.3. The molecular weight excluding hydrogens is 506 g/mol. The van der Waals surface area contributed by atoms with Crippen LogP contribution in [-0.4, -0.2) is 51.9 Å². The second-order valence-electron chi connectivity index (χ2n) is 9.30. The molecule has 4 aromatic rings. The van der Waals surface area contributed by atoms with Crippen LogP contribution in [0.1, 0.15) is 29.2 Å². The van der Waals surface area contributed by atoms with Crippen molar-refractivity contribution in [2.24, 2.45) is 0 Å². The number of thiophene rings is 1. The molecule has 1 aliphatic rings. The highest BCUT2D eigenvalue weighted by Crippen LogP contribution is 2.42. The van der Waals surface area contributed by atoms with Crippen molar-refractivity contribution in [1.29, 1.82) is 0 Å². The Kier molecular flexibility index (Phi) is 7.06. The Morgan fingerprint density at radius 2 is 1.92 bits per heavy atom. The molecule has 0 bridgehead atoms. The predicted octanol–water partition coefficient (Wildman–Crippen LogP) is 5.28. The molecule has 2 N–H and O–H groups in total. The fraction of sp³-hybridized carbons (Fsp3) is 0.333. The van der Waals surface area contributed by atoms with Crippen LogP contribution in [0.15, 0.2) is 48.7 Å². The van der Waals surface area contributed by atoms with E-state index >= 15 is 0 Å². The molecule has 0 amide bonds. The molecule has 0 aliphatic carbocycles. The summed E-state index contributed by atoms with van der Waals surface area (Å²) in [6.07, 6.45) is 5.25. The molecule has 8 nitrogen and oxygen atoms in total. The summed E-state index contributed by atoms with van der Waals surface area (Å²) < 4.78 is 32.6. The van der Waals surface area contributed by atoms with Crippen molar-refractivity contribution >= 4 is 48.9 Å². The summed E-state index contributed by atoms with van der Waals surface area (Å²) >= 11 is 1.59. The van der Waals surface area contributed by atoms with Gasteiger partial charge in [0.15, 0.2) is 0 Å². The molecule has 37 heavy (non-hydrogen) atoms. The van der Waals surface area contributed by atoms with E-state index in [2.05, 4.69) is 27.8 Å². The fourth-order valence-corrected chi connectivity index (χ4v) is 6.37. The van der Waals surface area contributed by atoms with Gasteiger partial charge in [-0.25, -0.2) is 18.4 Å². The summed E-state index contributed by atoms with van der Waals surface area (Å²) in [4.78, 5) is 10.5. The fourth-order valence-electron chi connectivity index (χ4n) is 4.86. The number of anilines is 3. The molecule has 1 fully saturated rings. The van der Waals surface area contributed by atoms with E-state index in [4.69, 9.17) is 9.72 Å². The first-order valence-corrected chi connectivity index (χ1v) is 14.9. The van der Waals surface area contributed by atoms with E-state index in [1.54, 1.807) is 25.5 Å². The number of piperidine rings is 1. The number of nitrogens with zero attached hydrogens (tertiary/aromatic N) is 3. The number of sulfonamides is 1. The maximum Gasteiger partial charge on any atom is 0.232 e. The Hall–Kier alpha value is -3.21. The Balaban J connectivity index is 1.53. The SMILES string of the molecule is COc1cc(C2CCNCC2)ccc1Nc1ncc2sc(C)c(-c3ccccc3N(C)S(C)(=O)=O)c2n1. The molecule has 2 aromatic carbocycles. The van der Waals surface area contributed by atoms with Crippen LogP contribution in [-0.2, 0) is 10.0 Å². The van der Waals surface area contributed by atoms with Gasteiger partial charge in [0.25, 0.3) is 0 Å². The van der Waals surface area contributed by atoms with E-state index < -0.39 is 10.0 Å². The van der Waals surface area contributed by atoms with Crippen molar-refractivity contribution in [3.05, 3.63) is 59.1 Å². The smallest absolute Gasteiger partial charge is 0.232 e. The van der Waals surface area contributed by atoms with Crippen molar-refractivity contribution in [3.8, 4) is 16.9 Å². The van der Waals surface area contributed by atoms with Crippen LogP contribution < -0.4 is 19.7 Å². The minimum atomic E-state index is -3.43. The number of hydrogen-bond acceptors (Lipinski definition) is 8. The normalized spacial score (nSPS) is 14.6. The third kappa shape index (κ3) is 5.14. The van der Waals surface area contributed by atoms with E-state index in [0.29, 0.717) is 17.6 Å². The first-order chi connectivity index (χ1) is 17.8. The lowest BCUT2D eigenvalue weighted by atomic mass is 9.90. The lowest BCUT2D eigenvalue weighted by Crippen LogP contribution is -2.26. The van der Waals surface area contributed by atoms with Gasteiger partial charge in [-0.3, -0.25) is 4.31 Å². The second-order valence-corrected chi connectivity index (χ2v) is 12.6. The molecule has 0 saturated carbocycles. The highest BCUT2D eigenvalue weighted by molar-refractivity contribution is 7.92. The Morgan fingerprint density at radius 3 is 2.65 bits per heavy atom. The van der Waals surface area contributed by atoms with E-state index in [0.717, 1.165) is 63.6 Å². The highest BCUT2D eigenvalue weighted by Gasteiger charge is 2.22. The van der Waals surface area contributed by atoms with Crippen molar-refractivity contribution in [2.45, 2.75) is 25.7 Å². The summed E-state index contributed by atoms with van der Waals surface area (Å²) in [6.45, 7) is 4.09. The molecule has 0 radical (unpaired) electrons. The van der Waals surface area contributed by atoms with Gasteiger partial charge in [0.05, 0.1) is 41.2 Å². The molecule has 0 atom stereocenters. The standard InChI is InChI=1S/C27H31N5O3S2/c1-17-25(20-7-5-6-8-22(20)32(2)37(4,33)34)26-24(36-17)16-29-27(31-26)30-21-10-9-19(15-23(21)35-3)18-11-13-28-14-12-18/h5-10,15-16,18,28H,11-14H2,1-4H3,(H,29,30,31). The summed E-state index contributed by atoms with van der Waals surface area (Å²) in [5.41, 5.74) is 5.18. The Morgan fingerprint density at radius 1 is 1.16 bits per heavy atom. The number of benzene rings is 2. The molecule has 1 aliphatic heterocycles. The van der Waals surface area contributed by atoms with Crippen LogP contribution in [0.25, 0.3) is 21.3 Å². The molecule has 0 spiro atoms. The van der Waals surface area contributed by atoms with Gasteiger partial charge in [0.2, 0.25) is 16.0 Å². The van der Waals surface area contributed by atoms with E-state index in [9.17, 15) is 8.42 Å². The number of rotatable bonds is 7. The van der Waals surface area contributed by atoms with Crippen molar-refractivity contribution in [3.63, 3.8) is 0 Å². The summed E-state index contributed by atoms with van der Waals surface area (Å²) in [6, 6.07) is 13.8. The van der Waals surface area contributed by atoms with Crippen LogP contribution in [0.3, 0.4) is 0 Å². The van der Waals surface area contributed by atoms with Gasteiger partial charge in [0.1, 0.15) is 5.75 Å². The van der Waals surface area contributed by atoms with E-state index in [1.807, 2.05) is 43.5 Å². The summed E-state index contributed by atoms with van der Waals surface area (Å²) in [7, 11) is -0.188. The average molecular weight is 538 g/mol. The minimum Gasteiger partial charge on any atom is -0.495 e. The van der Waals surface area contributed by atoms with Crippen LogP contribution in [0.4, 0.5) is 17.3 Å².